The van der Waals surface area contributed by atoms with Gasteiger partial charge in [-0.15, -0.1) is 0 Å². The molecule has 2 aliphatic rings. The highest BCUT2D eigenvalue weighted by atomic mass is 15.1. The van der Waals surface area contributed by atoms with Crippen LogP contribution in [-0.4, -0.2) is 23.1 Å². The third-order valence-corrected chi connectivity index (χ3v) is 4.89. The van der Waals surface area contributed by atoms with Crippen LogP contribution in [0.5, 0.6) is 0 Å². The van der Waals surface area contributed by atoms with Crippen LogP contribution in [0.2, 0.25) is 0 Å². The molecule has 0 amide bonds. The van der Waals surface area contributed by atoms with Crippen molar-refractivity contribution < 1.29 is 0 Å². The number of hydrogen-bond acceptors (Lipinski definition) is 4. The smallest absolute Gasteiger partial charge is 0.136 e. The van der Waals surface area contributed by atoms with Gasteiger partial charge in [0.15, 0.2) is 0 Å². The van der Waals surface area contributed by atoms with E-state index in [1.807, 2.05) is 7.05 Å². The molecule has 4 nitrogen and oxygen atoms in total. The molecule has 2 fully saturated rings. The minimum Gasteiger partial charge on any atom is -0.373 e. The average Bonchev–Trinajstić information content (AvgIpc) is 3.24. The van der Waals surface area contributed by atoms with Gasteiger partial charge in [0.1, 0.15) is 17.5 Å². The Kier molecular flexibility index (Phi) is 3.80. The van der Waals surface area contributed by atoms with E-state index >= 15 is 0 Å². The molecule has 2 saturated carbocycles. The van der Waals surface area contributed by atoms with Crippen molar-refractivity contribution in [3.8, 4) is 0 Å². The Bertz CT molecular complexity index is 520. The molecule has 21 heavy (non-hydrogen) atoms. The van der Waals surface area contributed by atoms with Crippen LogP contribution >= 0.6 is 0 Å². The molecular weight excluding hydrogens is 260 g/mol. The summed E-state index contributed by atoms with van der Waals surface area (Å²) in [6.45, 7) is 6.86. The van der Waals surface area contributed by atoms with E-state index in [9.17, 15) is 0 Å². The summed E-state index contributed by atoms with van der Waals surface area (Å²) in [4.78, 5) is 9.50. The van der Waals surface area contributed by atoms with E-state index in [2.05, 4.69) is 36.4 Å². The van der Waals surface area contributed by atoms with E-state index in [4.69, 9.17) is 4.98 Å². The van der Waals surface area contributed by atoms with Crippen LogP contribution in [0.25, 0.3) is 0 Å². The number of aromatic nitrogens is 2. The highest BCUT2D eigenvalue weighted by Gasteiger charge is 2.30. The third-order valence-electron chi connectivity index (χ3n) is 4.89. The van der Waals surface area contributed by atoms with Crippen LogP contribution in [-0.2, 0) is 0 Å². The lowest BCUT2D eigenvalue weighted by atomic mass is 9.75. The summed E-state index contributed by atoms with van der Waals surface area (Å²) >= 11 is 0. The number of nitrogens with zero attached hydrogens (tertiary/aromatic N) is 2. The Hall–Kier alpha value is -1.32. The second kappa shape index (κ2) is 5.47. The Morgan fingerprint density at radius 2 is 1.81 bits per heavy atom. The molecule has 0 saturated heterocycles. The summed E-state index contributed by atoms with van der Waals surface area (Å²) in [5.41, 5.74) is 1.59. The highest BCUT2D eigenvalue weighted by Crippen LogP contribution is 2.40. The predicted molar refractivity (Wildman–Crippen MR) is 88.0 cm³/mol. The molecule has 0 aliphatic heterocycles. The van der Waals surface area contributed by atoms with E-state index in [0.717, 1.165) is 23.0 Å². The largest absolute Gasteiger partial charge is 0.373 e. The zero-order valence-corrected chi connectivity index (χ0v) is 13.8. The van der Waals surface area contributed by atoms with E-state index in [0.29, 0.717) is 17.4 Å². The normalized spacial score (nSPS) is 24.7. The maximum absolute atomic E-state index is 4.82. The van der Waals surface area contributed by atoms with E-state index < -0.39 is 0 Å². The Morgan fingerprint density at radius 1 is 1.10 bits per heavy atom. The molecule has 0 aromatic carbocycles. The van der Waals surface area contributed by atoms with Crippen LogP contribution < -0.4 is 10.6 Å². The quantitative estimate of drug-likeness (QED) is 0.876. The fourth-order valence-corrected chi connectivity index (χ4v) is 3.46. The van der Waals surface area contributed by atoms with E-state index in [-0.39, 0.29) is 0 Å². The van der Waals surface area contributed by atoms with Crippen LogP contribution in [0.3, 0.4) is 0 Å². The molecule has 3 rings (SSSR count). The summed E-state index contributed by atoms with van der Waals surface area (Å²) < 4.78 is 0. The lowest BCUT2D eigenvalue weighted by Crippen LogP contribution is -2.32. The lowest BCUT2D eigenvalue weighted by molar-refractivity contribution is 0.229. The number of anilines is 2. The second-order valence-electron chi connectivity index (χ2n) is 7.53. The minimum absolute atomic E-state index is 0.446. The zero-order chi connectivity index (χ0) is 15.0. The van der Waals surface area contributed by atoms with Gasteiger partial charge in [-0.25, -0.2) is 9.97 Å². The summed E-state index contributed by atoms with van der Waals surface area (Å²) in [6.07, 6.45) is 7.60. The summed E-state index contributed by atoms with van der Waals surface area (Å²) in [5.74, 6) is 3.62. The molecule has 0 radical (unpaired) electrons. The van der Waals surface area contributed by atoms with Gasteiger partial charge in [-0.05, 0) is 44.4 Å². The number of nitrogens with one attached hydrogen (secondary N) is 2. The van der Waals surface area contributed by atoms with Crippen LogP contribution in [0.15, 0.2) is 0 Å². The molecule has 0 bridgehead atoms. The Labute approximate surface area is 128 Å². The molecule has 2 aliphatic carbocycles. The van der Waals surface area contributed by atoms with Gasteiger partial charge in [-0.2, -0.15) is 0 Å². The van der Waals surface area contributed by atoms with Crippen molar-refractivity contribution in [3.63, 3.8) is 0 Å². The van der Waals surface area contributed by atoms with Crippen LogP contribution in [0.1, 0.15) is 69.7 Å². The zero-order valence-electron chi connectivity index (χ0n) is 13.8. The molecule has 2 N–H and O–H groups in total. The fourth-order valence-electron chi connectivity index (χ4n) is 3.46. The van der Waals surface area contributed by atoms with Gasteiger partial charge in [0.05, 0.1) is 0 Å². The first-order chi connectivity index (χ1) is 9.98. The van der Waals surface area contributed by atoms with Crippen LogP contribution in [0, 0.1) is 12.3 Å². The van der Waals surface area contributed by atoms with Gasteiger partial charge in [0, 0.05) is 24.6 Å². The van der Waals surface area contributed by atoms with E-state index in [1.165, 1.54) is 38.5 Å². The van der Waals surface area contributed by atoms with Gasteiger partial charge in [-0.3, -0.25) is 0 Å². The SMILES string of the molecule is CNc1nc(C2CC2)nc(NC2CCCC(C)(C)C2)c1C. The molecule has 0 spiro atoms. The van der Waals surface area contributed by atoms with Crippen molar-refractivity contribution in [2.45, 2.75) is 71.3 Å². The first kappa shape index (κ1) is 14.6. The van der Waals surface area contributed by atoms with E-state index in [1.54, 1.807) is 0 Å². The van der Waals surface area contributed by atoms with Crippen molar-refractivity contribution in [1.82, 2.24) is 9.97 Å². The molecular formula is C17H28N4. The predicted octanol–water partition coefficient (Wildman–Crippen LogP) is 4.08. The van der Waals surface area contributed by atoms with Gasteiger partial charge in [0.2, 0.25) is 0 Å². The number of hydrogen-bond donors (Lipinski definition) is 2. The van der Waals surface area contributed by atoms with Gasteiger partial charge < -0.3 is 10.6 Å². The molecule has 1 heterocycles. The van der Waals surface area contributed by atoms with Crippen LogP contribution in [0.4, 0.5) is 11.6 Å². The summed E-state index contributed by atoms with van der Waals surface area (Å²) in [7, 11) is 1.94. The fraction of sp³-hybridized carbons (Fsp3) is 0.765. The van der Waals surface area contributed by atoms with Gasteiger partial charge in [-0.1, -0.05) is 20.3 Å². The van der Waals surface area contributed by atoms with Crippen molar-refractivity contribution in [2.24, 2.45) is 5.41 Å². The van der Waals surface area contributed by atoms with Crippen molar-refractivity contribution >= 4 is 11.6 Å². The Morgan fingerprint density at radius 3 is 2.43 bits per heavy atom. The average molecular weight is 288 g/mol. The van der Waals surface area contributed by atoms with Crippen molar-refractivity contribution in [1.29, 1.82) is 0 Å². The lowest BCUT2D eigenvalue weighted by Gasteiger charge is -2.36. The summed E-state index contributed by atoms with van der Waals surface area (Å²) in [5, 5.41) is 6.93. The van der Waals surface area contributed by atoms with Crippen molar-refractivity contribution in [2.75, 3.05) is 17.7 Å². The monoisotopic (exact) mass is 288 g/mol. The topological polar surface area (TPSA) is 49.8 Å². The molecule has 1 atom stereocenters. The summed E-state index contributed by atoms with van der Waals surface area (Å²) in [6, 6.07) is 0.541. The second-order valence-corrected chi connectivity index (χ2v) is 7.53. The molecule has 1 aromatic rings. The highest BCUT2D eigenvalue weighted by molar-refractivity contribution is 5.57. The maximum Gasteiger partial charge on any atom is 0.136 e. The first-order valence-electron chi connectivity index (χ1n) is 8.31. The number of rotatable bonds is 4. The van der Waals surface area contributed by atoms with Gasteiger partial charge in [0.25, 0.3) is 0 Å². The first-order valence-corrected chi connectivity index (χ1v) is 8.31. The molecule has 1 aromatic heterocycles. The standard InChI is InChI=1S/C17H28N4/c1-11-14(18-4)20-16(12-7-8-12)21-15(11)19-13-6-5-9-17(2,3)10-13/h12-13H,5-10H2,1-4H3,(H2,18,19,20,21). The van der Waals surface area contributed by atoms with Crippen molar-refractivity contribution in [3.05, 3.63) is 11.4 Å². The molecule has 1 unspecified atom stereocenters. The molecule has 4 heteroatoms. The minimum atomic E-state index is 0.446. The molecule has 116 valence electrons. The maximum atomic E-state index is 4.82. The Balaban J connectivity index is 1.82. The third kappa shape index (κ3) is 3.30. The van der Waals surface area contributed by atoms with Gasteiger partial charge >= 0.3 is 0 Å².